The lowest BCUT2D eigenvalue weighted by Gasteiger charge is -2.31. The molecule has 5 nitrogen and oxygen atoms in total. The fourth-order valence-corrected chi connectivity index (χ4v) is 5.13. The molecule has 1 fully saturated rings. The lowest BCUT2D eigenvalue weighted by atomic mass is 9.85. The van der Waals surface area contributed by atoms with Crippen LogP contribution in [0.3, 0.4) is 0 Å². The van der Waals surface area contributed by atoms with Gasteiger partial charge in [0.2, 0.25) is 10.0 Å². The van der Waals surface area contributed by atoms with Crippen LogP contribution >= 0.6 is 11.6 Å². The van der Waals surface area contributed by atoms with Gasteiger partial charge < -0.3 is 5.32 Å². The van der Waals surface area contributed by atoms with E-state index in [-0.39, 0.29) is 34.9 Å². The van der Waals surface area contributed by atoms with Crippen molar-refractivity contribution in [2.24, 2.45) is 5.92 Å². The minimum atomic E-state index is -4.30. The second-order valence-electron chi connectivity index (χ2n) is 7.53. The summed E-state index contributed by atoms with van der Waals surface area (Å²) in [7, 11) is -4.02. The van der Waals surface area contributed by atoms with Gasteiger partial charge in [0.1, 0.15) is 4.90 Å². The first kappa shape index (κ1) is 23.6. The van der Waals surface area contributed by atoms with E-state index in [1.807, 2.05) is 0 Å². The van der Waals surface area contributed by atoms with Crippen molar-refractivity contribution in [2.75, 3.05) is 0 Å². The molecular weight excluding hydrogens is 453 g/mol. The van der Waals surface area contributed by atoms with E-state index in [0.717, 1.165) is 11.6 Å². The molecule has 0 saturated heterocycles. The number of alkyl halides is 3. The largest absolute Gasteiger partial charge is 0.391 e. The third-order valence-corrected chi connectivity index (χ3v) is 7.15. The third-order valence-electron chi connectivity index (χ3n) is 5.26. The number of benzene rings is 2. The highest BCUT2D eigenvalue weighted by molar-refractivity contribution is 7.89. The van der Waals surface area contributed by atoms with Crippen molar-refractivity contribution >= 4 is 27.5 Å². The van der Waals surface area contributed by atoms with E-state index in [1.165, 1.54) is 12.1 Å². The molecular formula is C21H22ClF3N2O3S. The minimum absolute atomic E-state index is 0.0126. The van der Waals surface area contributed by atoms with Crippen molar-refractivity contribution < 1.29 is 26.4 Å². The summed E-state index contributed by atoms with van der Waals surface area (Å²) in [5, 5.41) is 2.53. The SMILES string of the molecule is O=C(NC1CCCC(C(F)(F)F)C1)c1ccc(Cl)c(S(=O)(=O)NCc2ccccc2)c1. The Morgan fingerprint density at radius 3 is 2.48 bits per heavy atom. The molecule has 10 heteroatoms. The van der Waals surface area contributed by atoms with Crippen molar-refractivity contribution in [3.05, 3.63) is 64.7 Å². The quantitative estimate of drug-likeness (QED) is 0.639. The highest BCUT2D eigenvalue weighted by Crippen LogP contribution is 2.37. The monoisotopic (exact) mass is 474 g/mol. The van der Waals surface area contributed by atoms with Crippen molar-refractivity contribution in [2.45, 2.75) is 49.3 Å². The maximum atomic E-state index is 13.0. The van der Waals surface area contributed by atoms with Gasteiger partial charge in [0.25, 0.3) is 5.91 Å². The predicted octanol–water partition coefficient (Wildman–Crippen LogP) is 4.67. The molecule has 2 aromatic carbocycles. The van der Waals surface area contributed by atoms with Crippen LogP contribution in [0.5, 0.6) is 0 Å². The Bertz CT molecular complexity index is 1030. The van der Waals surface area contributed by atoms with Crippen LogP contribution in [0.15, 0.2) is 53.4 Å². The molecule has 2 atom stereocenters. The van der Waals surface area contributed by atoms with E-state index in [1.54, 1.807) is 30.3 Å². The number of halogens is 4. The van der Waals surface area contributed by atoms with Crippen LogP contribution in [0.25, 0.3) is 0 Å². The Kier molecular flexibility index (Phi) is 7.28. The van der Waals surface area contributed by atoms with E-state index in [2.05, 4.69) is 10.0 Å². The van der Waals surface area contributed by atoms with Gasteiger partial charge in [-0.1, -0.05) is 48.4 Å². The standard InChI is InChI=1S/C21H22ClF3N2O3S/c22-18-10-9-15(20(28)27-17-8-4-7-16(12-17)21(23,24)25)11-19(18)31(29,30)26-13-14-5-2-1-3-6-14/h1-3,5-6,9-11,16-17,26H,4,7-8,12-13H2,(H,27,28). The predicted molar refractivity (Wildman–Crippen MR) is 111 cm³/mol. The number of carbonyl (C=O) groups is 1. The normalized spacial score (nSPS) is 19.7. The number of nitrogens with one attached hydrogen (secondary N) is 2. The lowest BCUT2D eigenvalue weighted by Crippen LogP contribution is -2.41. The summed E-state index contributed by atoms with van der Waals surface area (Å²) in [6.45, 7) is 0.0385. The van der Waals surface area contributed by atoms with Gasteiger partial charge in [0.15, 0.2) is 0 Å². The summed E-state index contributed by atoms with van der Waals surface area (Å²) in [4.78, 5) is 12.3. The third kappa shape index (κ3) is 6.21. The molecule has 3 rings (SSSR count). The Hall–Kier alpha value is -2.10. The maximum Gasteiger partial charge on any atom is 0.391 e. The van der Waals surface area contributed by atoms with E-state index in [9.17, 15) is 26.4 Å². The van der Waals surface area contributed by atoms with Crippen molar-refractivity contribution in [3.63, 3.8) is 0 Å². The molecule has 31 heavy (non-hydrogen) atoms. The average molecular weight is 475 g/mol. The van der Waals surface area contributed by atoms with Gasteiger partial charge in [-0.15, -0.1) is 0 Å². The minimum Gasteiger partial charge on any atom is -0.349 e. The first-order chi connectivity index (χ1) is 14.6. The number of hydrogen-bond acceptors (Lipinski definition) is 3. The molecule has 0 bridgehead atoms. The molecule has 0 aromatic heterocycles. The van der Waals surface area contributed by atoms with Gasteiger partial charge >= 0.3 is 6.18 Å². The second kappa shape index (κ2) is 9.58. The van der Waals surface area contributed by atoms with Gasteiger partial charge in [0, 0.05) is 18.2 Å². The molecule has 1 amide bonds. The number of amides is 1. The van der Waals surface area contributed by atoms with Gasteiger partial charge in [0.05, 0.1) is 10.9 Å². The second-order valence-corrected chi connectivity index (χ2v) is 9.67. The van der Waals surface area contributed by atoms with Crippen LogP contribution in [0.1, 0.15) is 41.6 Å². The molecule has 1 aliphatic carbocycles. The van der Waals surface area contributed by atoms with Crippen LogP contribution in [0.2, 0.25) is 5.02 Å². The van der Waals surface area contributed by atoms with Gasteiger partial charge in [-0.2, -0.15) is 13.2 Å². The number of carbonyl (C=O) groups excluding carboxylic acids is 1. The number of hydrogen-bond donors (Lipinski definition) is 2. The van der Waals surface area contributed by atoms with Crippen LogP contribution in [-0.2, 0) is 16.6 Å². The van der Waals surface area contributed by atoms with Crippen LogP contribution < -0.4 is 10.0 Å². The molecule has 2 unspecified atom stereocenters. The molecule has 2 aromatic rings. The van der Waals surface area contributed by atoms with E-state index < -0.39 is 34.1 Å². The summed E-state index contributed by atoms with van der Waals surface area (Å²) < 4.78 is 66.8. The van der Waals surface area contributed by atoms with Gasteiger partial charge in [-0.25, -0.2) is 13.1 Å². The highest BCUT2D eigenvalue weighted by atomic mass is 35.5. The molecule has 2 N–H and O–H groups in total. The summed E-state index contributed by atoms with van der Waals surface area (Å²) in [6.07, 6.45) is -3.64. The average Bonchev–Trinajstić information content (AvgIpc) is 2.73. The molecule has 1 saturated carbocycles. The highest BCUT2D eigenvalue weighted by Gasteiger charge is 2.42. The van der Waals surface area contributed by atoms with Crippen LogP contribution in [0, 0.1) is 5.92 Å². The summed E-state index contributed by atoms with van der Waals surface area (Å²) >= 11 is 6.05. The fourth-order valence-electron chi connectivity index (χ4n) is 3.59. The molecule has 168 valence electrons. The smallest absolute Gasteiger partial charge is 0.349 e. The molecule has 0 spiro atoms. The van der Waals surface area contributed by atoms with Crippen LogP contribution in [0.4, 0.5) is 13.2 Å². The Balaban J connectivity index is 1.71. The zero-order valence-corrected chi connectivity index (χ0v) is 18.0. The van der Waals surface area contributed by atoms with Gasteiger partial charge in [-0.05, 0) is 43.0 Å². The zero-order valence-electron chi connectivity index (χ0n) is 16.5. The molecule has 0 radical (unpaired) electrons. The van der Waals surface area contributed by atoms with Gasteiger partial charge in [-0.3, -0.25) is 4.79 Å². The van der Waals surface area contributed by atoms with E-state index in [4.69, 9.17) is 11.6 Å². The topological polar surface area (TPSA) is 75.3 Å². The first-order valence-electron chi connectivity index (χ1n) is 9.77. The van der Waals surface area contributed by atoms with Crippen LogP contribution in [-0.4, -0.2) is 26.5 Å². The molecule has 0 heterocycles. The Morgan fingerprint density at radius 2 is 1.81 bits per heavy atom. The van der Waals surface area contributed by atoms with Crippen molar-refractivity contribution in [3.8, 4) is 0 Å². The number of sulfonamides is 1. The summed E-state index contributed by atoms with van der Waals surface area (Å²) in [5.74, 6) is -2.08. The molecule has 1 aliphatic rings. The Labute approximate surface area is 184 Å². The Morgan fingerprint density at radius 1 is 1.10 bits per heavy atom. The van der Waals surface area contributed by atoms with Crippen molar-refractivity contribution in [1.29, 1.82) is 0 Å². The lowest BCUT2D eigenvalue weighted by molar-refractivity contribution is -0.183. The van der Waals surface area contributed by atoms with E-state index in [0.29, 0.717) is 12.8 Å². The fraction of sp³-hybridized carbons (Fsp3) is 0.381. The summed E-state index contributed by atoms with van der Waals surface area (Å²) in [5.41, 5.74) is 0.756. The number of rotatable bonds is 6. The zero-order chi connectivity index (χ0) is 22.6. The van der Waals surface area contributed by atoms with Crippen molar-refractivity contribution in [1.82, 2.24) is 10.0 Å². The maximum absolute atomic E-state index is 13.0. The first-order valence-corrected chi connectivity index (χ1v) is 11.6. The summed E-state index contributed by atoms with van der Waals surface area (Å²) in [6, 6.07) is 12.0. The molecule has 0 aliphatic heterocycles. The van der Waals surface area contributed by atoms with E-state index >= 15 is 0 Å².